The van der Waals surface area contributed by atoms with E-state index in [0.717, 1.165) is 31.1 Å². The quantitative estimate of drug-likeness (QED) is 0.368. The molecule has 0 amide bonds. The van der Waals surface area contributed by atoms with Crippen LogP contribution < -0.4 is 0 Å². The fourth-order valence-electron chi connectivity index (χ4n) is 5.43. The molecule has 0 N–H and O–H groups in total. The summed E-state index contributed by atoms with van der Waals surface area (Å²) in [5.74, 6) is 2.45. The predicted octanol–water partition coefficient (Wildman–Crippen LogP) is 8.07. The molecule has 0 aromatic carbocycles. The first-order valence-corrected chi connectivity index (χ1v) is 11.7. The number of Topliss-reactive ketones (excluding diaryl/α,β-unsaturated/α-hetero) is 1. The highest BCUT2D eigenvalue weighted by atomic mass is 79.9. The maximum absolute atomic E-state index is 11.7. The van der Waals surface area contributed by atoms with Gasteiger partial charge in [0.2, 0.25) is 0 Å². The molecule has 0 aliphatic heterocycles. The van der Waals surface area contributed by atoms with Gasteiger partial charge in [-0.3, -0.25) is 4.79 Å². The van der Waals surface area contributed by atoms with Crippen molar-refractivity contribution in [1.29, 1.82) is 0 Å². The van der Waals surface area contributed by atoms with Crippen molar-refractivity contribution in [2.75, 3.05) is 0 Å². The molecule has 2 heteroatoms. The lowest BCUT2D eigenvalue weighted by Gasteiger charge is -2.42. The van der Waals surface area contributed by atoms with Gasteiger partial charge in [-0.2, -0.15) is 0 Å². The van der Waals surface area contributed by atoms with Crippen LogP contribution in [-0.2, 0) is 4.79 Å². The molecule has 1 nitrogen and oxygen atoms in total. The minimum Gasteiger partial charge on any atom is -0.300 e. The third-order valence-corrected chi connectivity index (χ3v) is 7.46. The van der Waals surface area contributed by atoms with E-state index in [1.165, 1.54) is 51.4 Å². The second kappa shape index (κ2) is 11.6. The number of hydrogen-bond donors (Lipinski definition) is 0. The number of hydrogen-bond acceptors (Lipinski definition) is 1. The highest BCUT2D eigenvalue weighted by Crippen LogP contribution is 2.58. The van der Waals surface area contributed by atoms with Crippen molar-refractivity contribution < 1.29 is 4.79 Å². The normalized spacial score (nSPS) is 31.2. The number of ketones is 1. The Labute approximate surface area is 165 Å². The zero-order valence-corrected chi connectivity index (χ0v) is 19.0. The van der Waals surface area contributed by atoms with E-state index in [1.54, 1.807) is 12.5 Å². The Morgan fingerprint density at radius 1 is 1.28 bits per heavy atom. The number of carbonyl (C=O) groups is 1. The van der Waals surface area contributed by atoms with E-state index < -0.39 is 0 Å². The summed E-state index contributed by atoms with van der Waals surface area (Å²) in [4.78, 5) is 13.9. The average Bonchev–Trinajstić information content (AvgIpc) is 2.95. The van der Waals surface area contributed by atoms with Crippen LogP contribution in [0.4, 0.5) is 0 Å². The Balaban J connectivity index is 0.00000151. The van der Waals surface area contributed by atoms with Crippen LogP contribution in [0.3, 0.4) is 0 Å². The summed E-state index contributed by atoms with van der Waals surface area (Å²) in [6.45, 7) is 10.5. The van der Waals surface area contributed by atoms with Gasteiger partial charge in [0.1, 0.15) is 5.78 Å². The fraction of sp³-hybridized carbons (Fsp3) is 0.870. The predicted molar refractivity (Wildman–Crippen MR) is 114 cm³/mol. The van der Waals surface area contributed by atoms with E-state index in [0.29, 0.717) is 17.1 Å². The van der Waals surface area contributed by atoms with E-state index in [4.69, 9.17) is 0 Å². The van der Waals surface area contributed by atoms with Crippen molar-refractivity contribution in [1.82, 2.24) is 0 Å². The van der Waals surface area contributed by atoms with E-state index in [2.05, 4.69) is 34.8 Å². The maximum Gasteiger partial charge on any atom is 0.132 e. The van der Waals surface area contributed by atoms with Crippen molar-refractivity contribution >= 4 is 21.7 Å². The fourth-order valence-corrected chi connectivity index (χ4v) is 5.98. The smallest absolute Gasteiger partial charge is 0.132 e. The van der Waals surface area contributed by atoms with Gasteiger partial charge in [0.15, 0.2) is 0 Å². The third-order valence-electron chi connectivity index (χ3n) is 6.87. The summed E-state index contributed by atoms with van der Waals surface area (Å²) in [6.07, 6.45) is 14.1. The Morgan fingerprint density at radius 2 is 2.00 bits per heavy atom. The molecule has 4 unspecified atom stereocenters. The monoisotopic (exact) mass is 412 g/mol. The summed E-state index contributed by atoms with van der Waals surface area (Å²) < 4.78 is 0. The van der Waals surface area contributed by atoms with Crippen LogP contribution in [0.5, 0.6) is 0 Å². The lowest BCUT2D eigenvalue weighted by atomic mass is 9.63. The molecule has 0 aromatic heterocycles. The van der Waals surface area contributed by atoms with Crippen molar-refractivity contribution in [2.45, 2.75) is 105 Å². The Bertz CT molecular complexity index is 428. The second-order valence-corrected chi connectivity index (χ2v) is 8.71. The molecule has 2 aliphatic carbocycles. The summed E-state index contributed by atoms with van der Waals surface area (Å²) in [7, 11) is 0. The molecule has 0 spiro atoms. The largest absolute Gasteiger partial charge is 0.300 e. The van der Waals surface area contributed by atoms with Gasteiger partial charge in [0.05, 0.1) is 0 Å². The molecule has 0 radical (unpaired) electrons. The summed E-state index contributed by atoms with van der Waals surface area (Å²) in [5, 5.41) is 0. The maximum atomic E-state index is 11.7. The Morgan fingerprint density at radius 3 is 2.60 bits per heavy atom. The lowest BCUT2D eigenvalue weighted by molar-refractivity contribution is -0.121. The van der Waals surface area contributed by atoms with Crippen molar-refractivity contribution in [2.24, 2.45) is 23.2 Å². The third kappa shape index (κ3) is 5.94. The number of carbonyl (C=O) groups excluding carboxylic acids is 1. The molecule has 2 aliphatic rings. The molecular formula is C23H41BrO. The first-order chi connectivity index (χ1) is 12.0. The molecule has 2 fully saturated rings. The van der Waals surface area contributed by atoms with Crippen molar-refractivity contribution in [3.8, 4) is 0 Å². The van der Waals surface area contributed by atoms with Gasteiger partial charge in [-0.25, -0.2) is 0 Å². The number of allylic oxidation sites excluding steroid dienone is 1. The van der Waals surface area contributed by atoms with Crippen LogP contribution >= 0.6 is 15.9 Å². The Kier molecular flexibility index (Phi) is 10.6. The number of unbranched alkanes of at least 4 members (excludes halogenated alkanes) is 1. The van der Waals surface area contributed by atoms with Crippen LogP contribution in [0.2, 0.25) is 0 Å². The van der Waals surface area contributed by atoms with Gasteiger partial charge in [0.25, 0.3) is 0 Å². The molecule has 0 bridgehead atoms. The van der Waals surface area contributed by atoms with Crippen molar-refractivity contribution in [3.05, 3.63) is 10.6 Å². The van der Waals surface area contributed by atoms with Crippen LogP contribution in [0.15, 0.2) is 10.6 Å². The van der Waals surface area contributed by atoms with Gasteiger partial charge in [-0.05, 0) is 80.5 Å². The highest BCUT2D eigenvalue weighted by molar-refractivity contribution is 9.11. The molecule has 0 aromatic rings. The summed E-state index contributed by atoms with van der Waals surface area (Å²) >= 11 is 3.61. The Hall–Kier alpha value is -0.110. The molecule has 2 rings (SSSR count). The van der Waals surface area contributed by atoms with Crippen LogP contribution in [0.1, 0.15) is 105 Å². The first kappa shape index (κ1) is 22.9. The summed E-state index contributed by atoms with van der Waals surface area (Å²) in [6, 6.07) is 0. The van der Waals surface area contributed by atoms with Crippen molar-refractivity contribution in [3.63, 3.8) is 0 Å². The van der Waals surface area contributed by atoms with Gasteiger partial charge in [-0.15, -0.1) is 0 Å². The second-order valence-electron chi connectivity index (χ2n) is 8.25. The average molecular weight is 413 g/mol. The van der Waals surface area contributed by atoms with E-state index >= 15 is 0 Å². The minimum atomic E-state index is 0.324. The van der Waals surface area contributed by atoms with Crippen LogP contribution in [0, 0.1) is 23.2 Å². The van der Waals surface area contributed by atoms with Gasteiger partial charge in [0, 0.05) is 5.92 Å². The summed E-state index contributed by atoms with van der Waals surface area (Å²) in [5.41, 5.74) is 2.21. The zero-order chi connectivity index (χ0) is 18.9. The molecule has 4 atom stereocenters. The van der Waals surface area contributed by atoms with Gasteiger partial charge < -0.3 is 0 Å². The van der Waals surface area contributed by atoms with E-state index in [9.17, 15) is 4.79 Å². The first-order valence-electron chi connectivity index (χ1n) is 10.8. The SMILES string of the molecule is CC.CCCC(CCCCC1CCC2/C(=C/Br)CCCC12C)C(C)=O. The number of halogens is 1. The van der Waals surface area contributed by atoms with Gasteiger partial charge >= 0.3 is 0 Å². The van der Waals surface area contributed by atoms with Crippen LogP contribution in [-0.4, -0.2) is 5.78 Å². The minimum absolute atomic E-state index is 0.324. The van der Waals surface area contributed by atoms with Crippen LogP contribution in [0.25, 0.3) is 0 Å². The topological polar surface area (TPSA) is 17.1 Å². The standard InChI is InChI=1S/C21H35BrO.C2H6/c1-4-8-17(16(2)23)9-5-6-11-19-12-13-20-18(15-22)10-7-14-21(19,20)3;1-2/h15,17,19-20H,4-14H2,1-3H3;1-2H3/b18-15+;. The molecule has 0 heterocycles. The highest BCUT2D eigenvalue weighted by Gasteiger charge is 2.48. The van der Waals surface area contributed by atoms with Gasteiger partial charge in [-0.1, -0.05) is 68.5 Å². The van der Waals surface area contributed by atoms with E-state index in [1.807, 2.05) is 13.8 Å². The molecule has 0 saturated heterocycles. The molecule has 2 saturated carbocycles. The molecule has 146 valence electrons. The lowest BCUT2D eigenvalue weighted by Crippen LogP contribution is -2.33. The van der Waals surface area contributed by atoms with E-state index in [-0.39, 0.29) is 0 Å². The zero-order valence-electron chi connectivity index (χ0n) is 17.4. The molecule has 25 heavy (non-hydrogen) atoms. The molecular weight excluding hydrogens is 372 g/mol. The number of rotatable bonds is 8. The number of fused-ring (bicyclic) bond motifs is 1.